The maximum atomic E-state index is 11.5. The number of aryl methyl sites for hydroxylation is 1. The zero-order chi connectivity index (χ0) is 16.5. The van der Waals surface area contributed by atoms with Gasteiger partial charge in [0.15, 0.2) is 0 Å². The van der Waals surface area contributed by atoms with E-state index >= 15 is 0 Å². The van der Waals surface area contributed by atoms with Crippen LogP contribution in [0.2, 0.25) is 0 Å². The third-order valence-electron chi connectivity index (χ3n) is 4.50. The minimum atomic E-state index is -3.10. The van der Waals surface area contributed by atoms with Crippen molar-refractivity contribution in [2.45, 2.75) is 31.8 Å². The molecule has 0 N–H and O–H groups in total. The molecule has 0 unspecified atom stereocenters. The van der Waals surface area contributed by atoms with Crippen molar-refractivity contribution in [3.63, 3.8) is 0 Å². The summed E-state index contributed by atoms with van der Waals surface area (Å²) >= 11 is 0. The first-order chi connectivity index (χ1) is 10.9. The number of hydrogen-bond donors (Lipinski definition) is 0. The van der Waals surface area contributed by atoms with Crippen molar-refractivity contribution < 1.29 is 17.9 Å². The Hall–Kier alpha value is -1.25. The SMILES string of the molecule is Cc1cncc(OCC[C@H]2CCOC3(C2)CN(S(C)(=O)=O)C3)n1. The molecule has 3 rings (SSSR count). The monoisotopic (exact) mass is 341 g/mol. The summed E-state index contributed by atoms with van der Waals surface area (Å²) in [6, 6.07) is 0. The van der Waals surface area contributed by atoms with E-state index in [4.69, 9.17) is 9.47 Å². The van der Waals surface area contributed by atoms with E-state index in [1.165, 1.54) is 10.6 Å². The molecular weight excluding hydrogens is 318 g/mol. The summed E-state index contributed by atoms with van der Waals surface area (Å²) in [7, 11) is -3.10. The average Bonchev–Trinajstić information content (AvgIpc) is 2.44. The number of ether oxygens (including phenoxy) is 2. The maximum Gasteiger partial charge on any atom is 0.232 e. The summed E-state index contributed by atoms with van der Waals surface area (Å²) in [5, 5.41) is 0. The first-order valence-electron chi connectivity index (χ1n) is 7.87. The minimum absolute atomic E-state index is 0.283. The molecule has 0 aromatic carbocycles. The number of nitrogens with zero attached hydrogens (tertiary/aromatic N) is 3. The van der Waals surface area contributed by atoms with Gasteiger partial charge in [0, 0.05) is 25.9 Å². The Morgan fingerprint density at radius 3 is 2.91 bits per heavy atom. The Labute approximate surface area is 137 Å². The molecule has 2 saturated heterocycles. The summed E-state index contributed by atoms with van der Waals surface area (Å²) in [5.41, 5.74) is 0.553. The largest absolute Gasteiger partial charge is 0.477 e. The molecule has 7 nitrogen and oxygen atoms in total. The van der Waals surface area contributed by atoms with Gasteiger partial charge in [0.2, 0.25) is 15.9 Å². The van der Waals surface area contributed by atoms with Gasteiger partial charge in [-0.1, -0.05) is 0 Å². The highest BCUT2D eigenvalue weighted by Gasteiger charge is 2.50. The lowest BCUT2D eigenvalue weighted by Gasteiger charge is -2.52. The third kappa shape index (κ3) is 3.99. The molecule has 1 spiro atoms. The van der Waals surface area contributed by atoms with Gasteiger partial charge in [0.05, 0.1) is 30.4 Å². The Morgan fingerprint density at radius 1 is 1.43 bits per heavy atom. The van der Waals surface area contributed by atoms with Crippen molar-refractivity contribution in [1.29, 1.82) is 0 Å². The third-order valence-corrected chi connectivity index (χ3v) is 5.70. The van der Waals surface area contributed by atoms with E-state index in [0.717, 1.165) is 25.0 Å². The van der Waals surface area contributed by atoms with Crippen LogP contribution in [0.25, 0.3) is 0 Å². The molecule has 2 aliphatic rings. The van der Waals surface area contributed by atoms with Gasteiger partial charge in [-0.05, 0) is 32.1 Å². The minimum Gasteiger partial charge on any atom is -0.477 e. The lowest BCUT2D eigenvalue weighted by Crippen LogP contribution is -2.66. The highest BCUT2D eigenvalue weighted by molar-refractivity contribution is 7.88. The van der Waals surface area contributed by atoms with Gasteiger partial charge in [-0.15, -0.1) is 0 Å². The van der Waals surface area contributed by atoms with Crippen LogP contribution in [0.4, 0.5) is 0 Å². The van der Waals surface area contributed by atoms with Gasteiger partial charge in [0.1, 0.15) is 0 Å². The van der Waals surface area contributed by atoms with Crippen LogP contribution in [0.3, 0.4) is 0 Å². The van der Waals surface area contributed by atoms with E-state index in [1.807, 2.05) is 6.92 Å². The molecule has 0 saturated carbocycles. The van der Waals surface area contributed by atoms with Crippen LogP contribution in [-0.2, 0) is 14.8 Å². The van der Waals surface area contributed by atoms with Crippen LogP contribution in [0.15, 0.2) is 12.4 Å². The average molecular weight is 341 g/mol. The fourth-order valence-corrected chi connectivity index (χ4v) is 4.21. The van der Waals surface area contributed by atoms with Gasteiger partial charge >= 0.3 is 0 Å². The highest BCUT2D eigenvalue weighted by Crippen LogP contribution is 2.39. The molecule has 23 heavy (non-hydrogen) atoms. The van der Waals surface area contributed by atoms with E-state index in [2.05, 4.69) is 9.97 Å². The quantitative estimate of drug-likeness (QED) is 0.794. The molecule has 0 radical (unpaired) electrons. The van der Waals surface area contributed by atoms with Gasteiger partial charge < -0.3 is 9.47 Å². The van der Waals surface area contributed by atoms with Crippen molar-refractivity contribution in [3.05, 3.63) is 18.1 Å². The molecule has 1 aromatic heterocycles. The number of hydrogen-bond acceptors (Lipinski definition) is 6. The van der Waals surface area contributed by atoms with Crippen LogP contribution in [-0.4, -0.2) is 60.9 Å². The van der Waals surface area contributed by atoms with Crippen molar-refractivity contribution in [2.24, 2.45) is 5.92 Å². The van der Waals surface area contributed by atoms with Crippen LogP contribution in [0.1, 0.15) is 25.0 Å². The molecule has 128 valence electrons. The fraction of sp³-hybridized carbons (Fsp3) is 0.733. The van der Waals surface area contributed by atoms with Gasteiger partial charge in [-0.2, -0.15) is 4.31 Å². The molecule has 1 atom stereocenters. The zero-order valence-corrected chi connectivity index (χ0v) is 14.4. The Balaban J connectivity index is 1.47. The summed E-state index contributed by atoms with van der Waals surface area (Å²) in [6.45, 7) is 4.12. The van der Waals surface area contributed by atoms with Crippen LogP contribution in [0.5, 0.6) is 5.88 Å². The normalized spacial score (nSPS) is 24.3. The van der Waals surface area contributed by atoms with Gasteiger partial charge in [-0.3, -0.25) is 4.98 Å². The number of aromatic nitrogens is 2. The van der Waals surface area contributed by atoms with Crippen molar-refractivity contribution >= 4 is 10.0 Å². The Kier molecular flexibility index (Phi) is 4.57. The topological polar surface area (TPSA) is 81.6 Å². The Morgan fingerprint density at radius 2 is 2.22 bits per heavy atom. The van der Waals surface area contributed by atoms with Gasteiger partial charge in [0.25, 0.3) is 0 Å². The van der Waals surface area contributed by atoms with E-state index in [-0.39, 0.29) is 5.60 Å². The molecule has 3 heterocycles. The van der Waals surface area contributed by atoms with Crippen LogP contribution in [0, 0.1) is 12.8 Å². The predicted octanol–water partition coefficient (Wildman–Crippen LogP) is 0.995. The Bertz CT molecular complexity index is 658. The summed E-state index contributed by atoms with van der Waals surface area (Å²) in [4.78, 5) is 8.32. The molecular formula is C15H23N3O4S. The molecule has 1 aromatic rings. The molecule has 0 aliphatic carbocycles. The van der Waals surface area contributed by atoms with E-state index < -0.39 is 10.0 Å². The van der Waals surface area contributed by atoms with Crippen LogP contribution < -0.4 is 4.74 Å². The molecule has 0 amide bonds. The molecule has 2 aliphatic heterocycles. The summed E-state index contributed by atoms with van der Waals surface area (Å²) in [5.74, 6) is 1.04. The van der Waals surface area contributed by atoms with E-state index in [0.29, 0.717) is 38.1 Å². The van der Waals surface area contributed by atoms with E-state index in [9.17, 15) is 8.42 Å². The lowest BCUT2D eigenvalue weighted by molar-refractivity contribution is -0.156. The molecule has 0 bridgehead atoms. The van der Waals surface area contributed by atoms with Crippen molar-refractivity contribution in [1.82, 2.24) is 14.3 Å². The first kappa shape index (κ1) is 16.6. The standard InChI is InChI=1S/C15H23N3O4S/c1-12-8-16-9-14(17-12)21-5-3-13-4-6-22-15(7-13)10-18(11-15)23(2,19)20/h8-9,13H,3-7,10-11H2,1-2H3/t13-/m0/s1. The molecule has 8 heteroatoms. The zero-order valence-electron chi connectivity index (χ0n) is 13.6. The van der Waals surface area contributed by atoms with Crippen LogP contribution >= 0.6 is 0 Å². The highest BCUT2D eigenvalue weighted by atomic mass is 32.2. The first-order valence-corrected chi connectivity index (χ1v) is 9.72. The maximum absolute atomic E-state index is 11.5. The second-order valence-electron chi connectivity index (χ2n) is 6.56. The second kappa shape index (κ2) is 6.33. The number of rotatable bonds is 5. The second-order valence-corrected chi connectivity index (χ2v) is 8.54. The number of sulfonamides is 1. The molecule has 2 fully saturated rings. The summed E-state index contributed by atoms with van der Waals surface area (Å²) < 4.78 is 36.0. The smallest absolute Gasteiger partial charge is 0.232 e. The predicted molar refractivity (Wildman–Crippen MR) is 84.7 cm³/mol. The van der Waals surface area contributed by atoms with Gasteiger partial charge in [-0.25, -0.2) is 13.4 Å². The van der Waals surface area contributed by atoms with E-state index in [1.54, 1.807) is 12.4 Å². The van der Waals surface area contributed by atoms with Crippen molar-refractivity contribution in [3.8, 4) is 5.88 Å². The lowest BCUT2D eigenvalue weighted by atomic mass is 9.80. The summed E-state index contributed by atoms with van der Waals surface area (Å²) in [6.07, 6.45) is 7.36. The fourth-order valence-electron chi connectivity index (χ4n) is 3.27. The van der Waals surface area contributed by atoms with Crippen molar-refractivity contribution in [2.75, 3.05) is 32.6 Å².